The lowest BCUT2D eigenvalue weighted by atomic mass is 10.2. The summed E-state index contributed by atoms with van der Waals surface area (Å²) in [5.41, 5.74) is 1.31. The number of quaternary nitrogens is 1. The number of amides is 1. The number of benzene rings is 2. The number of rotatable bonds is 5. The van der Waals surface area contributed by atoms with E-state index >= 15 is 0 Å². The molecule has 1 atom stereocenters. The number of aromatic nitrogens is 2. The highest BCUT2D eigenvalue weighted by Crippen LogP contribution is 2.16. The normalized spacial score (nSPS) is 12.1. The topological polar surface area (TPSA) is 79.3 Å². The van der Waals surface area contributed by atoms with Crippen LogP contribution in [0.4, 0.5) is 5.69 Å². The molecule has 0 aliphatic rings. The number of hydrogen-bond acceptors (Lipinski definition) is 3. The second kappa shape index (κ2) is 7.75. The third-order valence-corrected chi connectivity index (χ3v) is 4.68. The summed E-state index contributed by atoms with van der Waals surface area (Å²) >= 11 is 2.19. The summed E-state index contributed by atoms with van der Waals surface area (Å²) in [6.07, 6.45) is 0. The molecule has 0 saturated carbocycles. The van der Waals surface area contributed by atoms with Gasteiger partial charge in [-0.15, -0.1) is 0 Å². The molecule has 25 heavy (non-hydrogen) atoms. The minimum absolute atomic E-state index is 0.0789. The second-order valence-corrected chi connectivity index (χ2v) is 7.03. The predicted molar refractivity (Wildman–Crippen MR) is 106 cm³/mol. The Morgan fingerprint density at radius 1 is 1.20 bits per heavy atom. The standard InChI is InChI=1S/C18H17IN4O2/c1-23(11-17(24)21-15-9-5-3-7-13(15)19)10-16-20-14-8-4-2-6-12(14)18(25)22-16/h2-9H,10-11H2,1H3,(H,21,24)(H,20,22,25)/p+1. The van der Waals surface area contributed by atoms with Gasteiger partial charge in [0, 0.05) is 3.57 Å². The predicted octanol–water partition coefficient (Wildman–Crippen LogP) is 1.18. The van der Waals surface area contributed by atoms with E-state index in [9.17, 15) is 9.59 Å². The Hall–Kier alpha value is -2.26. The summed E-state index contributed by atoms with van der Waals surface area (Å²) in [5, 5.41) is 3.48. The molecule has 0 aliphatic heterocycles. The van der Waals surface area contributed by atoms with Crippen molar-refractivity contribution in [3.63, 3.8) is 0 Å². The fraction of sp³-hybridized carbons (Fsp3) is 0.167. The molecule has 3 rings (SSSR count). The Bertz CT molecular complexity index is 970. The van der Waals surface area contributed by atoms with E-state index in [1.165, 1.54) is 0 Å². The van der Waals surface area contributed by atoms with Crippen molar-refractivity contribution in [3.8, 4) is 0 Å². The first-order valence-corrected chi connectivity index (χ1v) is 8.94. The Morgan fingerprint density at radius 3 is 2.72 bits per heavy atom. The van der Waals surface area contributed by atoms with Crippen LogP contribution in [-0.4, -0.2) is 29.5 Å². The van der Waals surface area contributed by atoms with E-state index in [0.29, 0.717) is 23.3 Å². The van der Waals surface area contributed by atoms with Crippen LogP contribution >= 0.6 is 22.6 Å². The molecule has 1 amide bonds. The zero-order valence-electron chi connectivity index (χ0n) is 13.7. The van der Waals surface area contributed by atoms with Crippen LogP contribution in [-0.2, 0) is 11.3 Å². The summed E-state index contributed by atoms with van der Waals surface area (Å²) in [5.74, 6) is 0.494. The number of nitrogens with one attached hydrogen (secondary N) is 3. The molecule has 6 nitrogen and oxygen atoms in total. The zero-order valence-corrected chi connectivity index (χ0v) is 15.8. The lowest BCUT2D eigenvalue weighted by Gasteiger charge is -2.14. The Balaban J connectivity index is 1.66. The minimum Gasteiger partial charge on any atom is -0.323 e. The molecule has 0 saturated heterocycles. The van der Waals surface area contributed by atoms with E-state index in [1.807, 2.05) is 49.5 Å². The number of carbonyl (C=O) groups is 1. The molecule has 2 aromatic carbocycles. The summed E-state index contributed by atoms with van der Waals surface area (Å²) < 4.78 is 0.992. The van der Waals surface area contributed by atoms with Crippen LogP contribution < -0.4 is 15.8 Å². The Kier molecular flexibility index (Phi) is 5.44. The van der Waals surface area contributed by atoms with Gasteiger partial charge in [-0.05, 0) is 46.9 Å². The highest BCUT2D eigenvalue weighted by Gasteiger charge is 2.14. The van der Waals surface area contributed by atoms with Crippen LogP contribution in [0.25, 0.3) is 10.9 Å². The van der Waals surface area contributed by atoms with Gasteiger partial charge in [0.2, 0.25) is 0 Å². The SMILES string of the molecule is C[NH+](CC(=O)Nc1ccccc1I)Cc1nc2ccccc2c(=O)[nH]1. The first-order chi connectivity index (χ1) is 12.0. The zero-order chi connectivity index (χ0) is 17.8. The van der Waals surface area contributed by atoms with Gasteiger partial charge >= 0.3 is 0 Å². The van der Waals surface area contributed by atoms with Crippen molar-refractivity contribution in [3.05, 3.63) is 68.3 Å². The highest BCUT2D eigenvalue weighted by molar-refractivity contribution is 14.1. The number of likely N-dealkylation sites (N-methyl/N-ethyl adjacent to an activating group) is 1. The maximum absolute atomic E-state index is 12.2. The molecule has 1 aromatic heterocycles. The molecule has 3 N–H and O–H groups in total. The van der Waals surface area contributed by atoms with E-state index in [2.05, 4.69) is 37.9 Å². The number of aromatic amines is 1. The third-order valence-electron chi connectivity index (χ3n) is 3.74. The van der Waals surface area contributed by atoms with Crippen molar-refractivity contribution in [2.24, 2.45) is 0 Å². The molecule has 0 fully saturated rings. The molecule has 0 radical (unpaired) electrons. The first kappa shape index (κ1) is 17.6. The number of nitrogens with zero attached hydrogens (tertiary/aromatic N) is 1. The van der Waals surface area contributed by atoms with Crippen molar-refractivity contribution in [1.82, 2.24) is 9.97 Å². The van der Waals surface area contributed by atoms with Crippen LogP contribution in [0.15, 0.2) is 53.3 Å². The van der Waals surface area contributed by atoms with Gasteiger partial charge in [0.15, 0.2) is 12.4 Å². The Labute approximate surface area is 158 Å². The van der Waals surface area contributed by atoms with E-state index < -0.39 is 0 Å². The maximum atomic E-state index is 12.2. The van der Waals surface area contributed by atoms with Gasteiger partial charge in [-0.25, -0.2) is 4.98 Å². The van der Waals surface area contributed by atoms with Crippen molar-refractivity contribution in [1.29, 1.82) is 0 Å². The van der Waals surface area contributed by atoms with Crippen molar-refractivity contribution >= 4 is 45.1 Å². The first-order valence-electron chi connectivity index (χ1n) is 7.86. The smallest absolute Gasteiger partial charge is 0.279 e. The van der Waals surface area contributed by atoms with E-state index in [4.69, 9.17) is 0 Å². The molecule has 7 heteroatoms. The number of H-pyrrole nitrogens is 1. The van der Waals surface area contributed by atoms with Crippen LogP contribution in [0.3, 0.4) is 0 Å². The van der Waals surface area contributed by atoms with Gasteiger partial charge in [0.25, 0.3) is 11.5 Å². The summed E-state index contributed by atoms with van der Waals surface area (Å²) in [7, 11) is 1.89. The summed E-state index contributed by atoms with van der Waals surface area (Å²) in [4.78, 5) is 32.5. The molecule has 3 aromatic rings. The van der Waals surface area contributed by atoms with Crippen LogP contribution in [0.2, 0.25) is 0 Å². The molecule has 0 bridgehead atoms. The number of hydrogen-bond donors (Lipinski definition) is 3. The maximum Gasteiger partial charge on any atom is 0.279 e. The van der Waals surface area contributed by atoms with Gasteiger partial charge in [0.05, 0.1) is 23.6 Å². The Morgan fingerprint density at radius 2 is 1.92 bits per heavy atom. The summed E-state index contributed by atoms with van der Waals surface area (Å²) in [6, 6.07) is 14.8. The molecule has 0 aliphatic carbocycles. The molecular weight excluding hydrogens is 431 g/mol. The molecule has 1 unspecified atom stereocenters. The van der Waals surface area contributed by atoms with Crippen molar-refractivity contribution in [2.45, 2.75) is 6.54 Å². The fourth-order valence-electron chi connectivity index (χ4n) is 2.60. The van der Waals surface area contributed by atoms with Crippen LogP contribution in [0.1, 0.15) is 5.82 Å². The second-order valence-electron chi connectivity index (χ2n) is 5.87. The van der Waals surface area contributed by atoms with Crippen molar-refractivity contribution in [2.75, 3.05) is 18.9 Å². The molecule has 0 spiro atoms. The molecular formula is C18H18IN4O2+. The van der Waals surface area contributed by atoms with Gasteiger partial charge < -0.3 is 15.2 Å². The van der Waals surface area contributed by atoms with Gasteiger partial charge in [0.1, 0.15) is 6.54 Å². The quantitative estimate of drug-likeness (QED) is 0.512. The summed E-state index contributed by atoms with van der Waals surface area (Å²) in [6.45, 7) is 0.737. The van der Waals surface area contributed by atoms with Gasteiger partial charge in [-0.3, -0.25) is 9.59 Å². The lowest BCUT2D eigenvalue weighted by Crippen LogP contribution is -3.08. The minimum atomic E-state index is -0.156. The number of para-hydroxylation sites is 2. The van der Waals surface area contributed by atoms with Crippen LogP contribution in [0, 0.1) is 3.57 Å². The molecule has 1 heterocycles. The van der Waals surface area contributed by atoms with Crippen molar-refractivity contribution < 1.29 is 9.69 Å². The fourth-order valence-corrected chi connectivity index (χ4v) is 3.12. The third kappa shape index (κ3) is 4.43. The molecule has 128 valence electrons. The van der Waals surface area contributed by atoms with Gasteiger partial charge in [-0.2, -0.15) is 0 Å². The van der Waals surface area contributed by atoms with Crippen LogP contribution in [0.5, 0.6) is 0 Å². The van der Waals surface area contributed by atoms with E-state index in [1.54, 1.807) is 6.07 Å². The lowest BCUT2D eigenvalue weighted by molar-refractivity contribution is -0.885. The van der Waals surface area contributed by atoms with Gasteiger partial charge in [-0.1, -0.05) is 24.3 Å². The highest BCUT2D eigenvalue weighted by atomic mass is 127. The number of halogens is 1. The van der Waals surface area contributed by atoms with E-state index in [0.717, 1.165) is 14.2 Å². The largest absolute Gasteiger partial charge is 0.323 e. The number of carbonyl (C=O) groups excluding carboxylic acids is 1. The number of anilines is 1. The average Bonchev–Trinajstić information content (AvgIpc) is 2.57. The monoisotopic (exact) mass is 449 g/mol. The van der Waals surface area contributed by atoms with E-state index in [-0.39, 0.29) is 18.0 Å². The number of fused-ring (bicyclic) bond motifs is 1. The average molecular weight is 449 g/mol.